The van der Waals surface area contributed by atoms with Crippen molar-refractivity contribution < 1.29 is 9.53 Å². The van der Waals surface area contributed by atoms with E-state index >= 15 is 0 Å². The Kier molecular flexibility index (Phi) is 7.84. The van der Waals surface area contributed by atoms with Gasteiger partial charge in [0.2, 0.25) is 0 Å². The summed E-state index contributed by atoms with van der Waals surface area (Å²) in [6, 6.07) is 12.3. The molecule has 1 amide bonds. The monoisotopic (exact) mass is 469 g/mol. The number of ether oxygens (including phenoxy) is 1. The number of anilines is 1. The van der Waals surface area contributed by atoms with Gasteiger partial charge in [0.1, 0.15) is 0 Å². The van der Waals surface area contributed by atoms with Crippen molar-refractivity contribution in [2.24, 2.45) is 0 Å². The van der Waals surface area contributed by atoms with Crippen LogP contribution in [-0.4, -0.2) is 60.9 Å². The predicted octanol–water partition coefficient (Wildman–Crippen LogP) is 5.39. The number of benzene rings is 2. The molecule has 0 unspecified atom stereocenters. The lowest BCUT2D eigenvalue weighted by molar-refractivity contribution is 0.0376. The fraction of sp³-hybridized carbons (Fsp3) is 0.440. The van der Waals surface area contributed by atoms with Crippen LogP contribution in [0.15, 0.2) is 41.3 Å². The highest BCUT2D eigenvalue weighted by Gasteiger charge is 2.22. The van der Waals surface area contributed by atoms with Crippen molar-refractivity contribution in [3.8, 4) is 0 Å². The van der Waals surface area contributed by atoms with E-state index in [4.69, 9.17) is 9.72 Å². The van der Waals surface area contributed by atoms with Crippen LogP contribution in [-0.2, 0) is 4.74 Å². The van der Waals surface area contributed by atoms with Gasteiger partial charge in [-0.3, -0.25) is 14.6 Å². The lowest BCUT2D eigenvalue weighted by Crippen LogP contribution is -2.39. The number of thiazole rings is 1. The second-order valence-electron chi connectivity index (χ2n) is 8.13. The van der Waals surface area contributed by atoms with E-state index in [1.807, 2.05) is 23.1 Å². The molecular formula is C25H31N3O2S2. The maximum atomic E-state index is 13.6. The number of morpholine rings is 1. The number of fused-ring (bicyclic) bond motifs is 1. The van der Waals surface area contributed by atoms with E-state index < -0.39 is 0 Å². The molecule has 0 atom stereocenters. The number of rotatable bonds is 8. The van der Waals surface area contributed by atoms with Crippen molar-refractivity contribution in [3.63, 3.8) is 0 Å². The van der Waals surface area contributed by atoms with Crippen LogP contribution in [0.3, 0.4) is 0 Å². The number of hydrogen-bond donors (Lipinski definition) is 0. The number of carbonyl (C=O) groups is 1. The van der Waals surface area contributed by atoms with Crippen LogP contribution in [0, 0.1) is 13.8 Å². The molecule has 1 saturated heterocycles. The topological polar surface area (TPSA) is 45.7 Å². The van der Waals surface area contributed by atoms with Gasteiger partial charge in [0.15, 0.2) is 5.13 Å². The zero-order valence-electron chi connectivity index (χ0n) is 19.1. The summed E-state index contributed by atoms with van der Waals surface area (Å²) >= 11 is 3.36. The quantitative estimate of drug-likeness (QED) is 0.414. The molecule has 32 heavy (non-hydrogen) atoms. The van der Waals surface area contributed by atoms with Gasteiger partial charge in [0.05, 0.1) is 23.4 Å². The number of hydrogen-bond acceptors (Lipinski definition) is 6. The predicted molar refractivity (Wildman–Crippen MR) is 135 cm³/mol. The minimum absolute atomic E-state index is 0.0260. The average molecular weight is 470 g/mol. The molecule has 0 saturated carbocycles. The van der Waals surface area contributed by atoms with Crippen molar-refractivity contribution in [2.45, 2.75) is 32.1 Å². The van der Waals surface area contributed by atoms with Crippen LogP contribution < -0.4 is 4.90 Å². The molecule has 1 aliphatic heterocycles. The number of thioether (sulfide) groups is 1. The highest BCUT2D eigenvalue weighted by Crippen LogP contribution is 2.32. The van der Waals surface area contributed by atoms with E-state index in [-0.39, 0.29) is 5.91 Å². The largest absolute Gasteiger partial charge is 0.379 e. The number of amides is 1. The first-order chi connectivity index (χ1) is 15.5. The molecular weight excluding hydrogens is 438 g/mol. The van der Waals surface area contributed by atoms with E-state index in [2.05, 4.69) is 43.9 Å². The van der Waals surface area contributed by atoms with Crippen molar-refractivity contribution in [3.05, 3.63) is 53.1 Å². The molecule has 4 rings (SSSR count). The Hall–Kier alpha value is -1.93. The lowest BCUT2D eigenvalue weighted by Gasteiger charge is -2.27. The van der Waals surface area contributed by atoms with Crippen molar-refractivity contribution in [2.75, 3.05) is 50.0 Å². The normalized spacial score (nSPS) is 14.7. The number of nitrogens with zero attached hydrogens (tertiary/aromatic N) is 3. The van der Waals surface area contributed by atoms with Gasteiger partial charge in [-0.1, -0.05) is 24.3 Å². The minimum atomic E-state index is 0.0260. The van der Waals surface area contributed by atoms with Gasteiger partial charge >= 0.3 is 0 Å². The molecule has 0 spiro atoms. The molecule has 0 radical (unpaired) electrons. The van der Waals surface area contributed by atoms with Crippen LogP contribution in [0.4, 0.5) is 5.13 Å². The third kappa shape index (κ3) is 5.52. The standard InChI is InChI=1S/C25H31N3O2S2/c1-4-31-21-8-5-7-20(17-21)24(29)28(10-6-9-27-11-13-30-14-12-27)25-26-22-15-18(2)19(3)16-23(22)32-25/h5,7-8,15-17H,4,6,9-14H2,1-3H3. The van der Waals surface area contributed by atoms with Gasteiger partial charge in [0.25, 0.3) is 5.91 Å². The summed E-state index contributed by atoms with van der Waals surface area (Å²) in [5.41, 5.74) is 4.17. The van der Waals surface area contributed by atoms with Gasteiger partial charge < -0.3 is 4.74 Å². The Labute approximate surface area is 198 Å². The second kappa shape index (κ2) is 10.8. The molecule has 2 heterocycles. The first kappa shape index (κ1) is 23.2. The molecule has 0 bridgehead atoms. The summed E-state index contributed by atoms with van der Waals surface area (Å²) in [4.78, 5) is 23.9. The smallest absolute Gasteiger partial charge is 0.260 e. The molecule has 0 N–H and O–H groups in total. The molecule has 170 valence electrons. The molecule has 2 aromatic carbocycles. The Bertz CT molecular complexity index is 1040. The molecule has 3 aromatic rings. The summed E-state index contributed by atoms with van der Waals surface area (Å²) in [7, 11) is 0. The van der Waals surface area contributed by atoms with Gasteiger partial charge in [-0.05, 0) is 67.5 Å². The van der Waals surface area contributed by atoms with Crippen molar-refractivity contribution in [1.82, 2.24) is 9.88 Å². The zero-order valence-corrected chi connectivity index (χ0v) is 20.7. The van der Waals surface area contributed by atoms with Gasteiger partial charge in [-0.15, -0.1) is 11.8 Å². The van der Waals surface area contributed by atoms with E-state index in [0.29, 0.717) is 6.54 Å². The minimum Gasteiger partial charge on any atom is -0.379 e. The Morgan fingerprint density at radius 2 is 1.97 bits per heavy atom. The summed E-state index contributed by atoms with van der Waals surface area (Å²) in [6.07, 6.45) is 0.906. The summed E-state index contributed by atoms with van der Waals surface area (Å²) in [6.45, 7) is 11.5. The Morgan fingerprint density at radius 3 is 2.75 bits per heavy atom. The summed E-state index contributed by atoms with van der Waals surface area (Å²) in [5.74, 6) is 1.01. The molecule has 1 fully saturated rings. The highest BCUT2D eigenvalue weighted by atomic mass is 32.2. The van der Waals surface area contributed by atoms with Crippen LogP contribution in [0.1, 0.15) is 34.8 Å². The second-order valence-corrected chi connectivity index (χ2v) is 10.5. The van der Waals surface area contributed by atoms with Crippen molar-refractivity contribution >= 4 is 44.4 Å². The number of aryl methyl sites for hydroxylation is 2. The molecule has 0 aliphatic carbocycles. The lowest BCUT2D eigenvalue weighted by atomic mass is 10.1. The first-order valence-corrected chi connectivity index (χ1v) is 13.1. The van der Waals surface area contributed by atoms with Gasteiger partial charge in [0, 0.05) is 36.6 Å². The first-order valence-electron chi connectivity index (χ1n) is 11.3. The summed E-state index contributed by atoms with van der Waals surface area (Å²) < 4.78 is 6.59. The number of aromatic nitrogens is 1. The maximum absolute atomic E-state index is 13.6. The fourth-order valence-electron chi connectivity index (χ4n) is 3.89. The third-order valence-electron chi connectivity index (χ3n) is 5.82. The SMILES string of the molecule is CCSc1cccc(C(=O)N(CCCN2CCOCC2)c2nc3cc(C)c(C)cc3s2)c1. The van der Waals surface area contributed by atoms with Crippen LogP contribution in [0.5, 0.6) is 0 Å². The van der Waals surface area contributed by atoms with Gasteiger partial charge in [-0.25, -0.2) is 4.98 Å². The maximum Gasteiger partial charge on any atom is 0.260 e. The molecule has 7 heteroatoms. The molecule has 1 aromatic heterocycles. The van der Waals surface area contributed by atoms with Crippen LogP contribution in [0.2, 0.25) is 0 Å². The van der Waals surface area contributed by atoms with Crippen molar-refractivity contribution in [1.29, 1.82) is 0 Å². The Balaban J connectivity index is 1.60. The van der Waals surface area contributed by atoms with E-state index in [0.717, 1.165) is 70.8 Å². The van der Waals surface area contributed by atoms with E-state index in [9.17, 15) is 4.79 Å². The molecule has 5 nitrogen and oxygen atoms in total. The van der Waals surface area contributed by atoms with Gasteiger partial charge in [-0.2, -0.15) is 0 Å². The van der Waals surface area contributed by atoms with Crippen LogP contribution in [0.25, 0.3) is 10.2 Å². The molecule has 1 aliphatic rings. The van der Waals surface area contributed by atoms with Crippen LogP contribution >= 0.6 is 23.1 Å². The van der Waals surface area contributed by atoms with E-state index in [1.54, 1.807) is 23.1 Å². The fourth-order valence-corrected chi connectivity index (χ4v) is 5.67. The van der Waals surface area contributed by atoms with E-state index in [1.165, 1.54) is 11.1 Å². The average Bonchev–Trinajstić information content (AvgIpc) is 3.20. The number of carbonyl (C=O) groups excluding carboxylic acids is 1. The highest BCUT2D eigenvalue weighted by molar-refractivity contribution is 7.99. The Morgan fingerprint density at radius 1 is 1.19 bits per heavy atom. The zero-order chi connectivity index (χ0) is 22.5. The third-order valence-corrected chi connectivity index (χ3v) is 7.74. The summed E-state index contributed by atoms with van der Waals surface area (Å²) in [5, 5.41) is 0.783.